The molecule has 0 aliphatic carbocycles. The van der Waals surface area contributed by atoms with Crippen molar-refractivity contribution in [2.75, 3.05) is 27.3 Å². The molecule has 2 aliphatic rings. The van der Waals surface area contributed by atoms with Gasteiger partial charge in [0.25, 0.3) is 0 Å². The number of carbonyl (C=O) groups is 3. The molecule has 1 aromatic carbocycles. The Kier molecular flexibility index (Phi) is 5.65. The highest BCUT2D eigenvalue weighted by Crippen LogP contribution is 2.28. The largest absolute Gasteiger partial charge is 0.497 e. The van der Waals surface area contributed by atoms with Crippen LogP contribution in [-0.2, 0) is 25.7 Å². The number of aliphatic carboxylic acids is 1. The van der Waals surface area contributed by atoms with E-state index in [0.29, 0.717) is 13.1 Å². The Morgan fingerprint density at radius 2 is 1.89 bits per heavy atom. The first-order valence-corrected chi connectivity index (χ1v) is 8.89. The fraction of sp³-hybridized carbons (Fsp3) is 0.526. The summed E-state index contributed by atoms with van der Waals surface area (Å²) in [7, 11) is 3.10. The lowest BCUT2D eigenvalue weighted by atomic mass is 10.1. The molecule has 146 valence electrons. The second-order valence-electron chi connectivity index (χ2n) is 6.96. The first-order chi connectivity index (χ1) is 12.9. The number of benzene rings is 1. The number of likely N-dealkylation sites (tertiary alicyclic amines) is 2. The van der Waals surface area contributed by atoms with E-state index in [1.807, 2.05) is 24.3 Å². The van der Waals surface area contributed by atoms with Crippen molar-refractivity contribution in [1.82, 2.24) is 9.80 Å². The molecular formula is C19H24N2O6. The molecular weight excluding hydrogens is 352 g/mol. The second kappa shape index (κ2) is 7.96. The Labute approximate surface area is 157 Å². The van der Waals surface area contributed by atoms with E-state index in [-0.39, 0.29) is 37.3 Å². The van der Waals surface area contributed by atoms with Crippen LogP contribution in [0.25, 0.3) is 0 Å². The van der Waals surface area contributed by atoms with Crippen molar-refractivity contribution in [2.45, 2.75) is 31.5 Å². The molecule has 2 heterocycles. The minimum atomic E-state index is -1.04. The summed E-state index contributed by atoms with van der Waals surface area (Å²) in [5.74, 6) is -1.21. The van der Waals surface area contributed by atoms with Crippen molar-refractivity contribution >= 4 is 17.8 Å². The van der Waals surface area contributed by atoms with E-state index in [0.717, 1.165) is 11.3 Å². The highest BCUT2D eigenvalue weighted by atomic mass is 16.5. The van der Waals surface area contributed by atoms with Gasteiger partial charge in [0.2, 0.25) is 11.8 Å². The third-order valence-electron chi connectivity index (χ3n) is 5.26. The molecule has 2 aliphatic heterocycles. The van der Waals surface area contributed by atoms with Crippen LogP contribution in [0, 0.1) is 5.92 Å². The number of nitrogens with zero attached hydrogens (tertiary/aromatic N) is 2. The summed E-state index contributed by atoms with van der Waals surface area (Å²) < 4.78 is 10.4. The smallest absolute Gasteiger partial charge is 0.326 e. The summed E-state index contributed by atoms with van der Waals surface area (Å²) in [6.45, 7) is 0.954. The average Bonchev–Trinajstić information content (AvgIpc) is 3.26. The zero-order valence-corrected chi connectivity index (χ0v) is 15.5. The lowest BCUT2D eigenvalue weighted by Crippen LogP contribution is -2.44. The normalized spacial score (nSPS) is 25.1. The Balaban J connectivity index is 1.65. The van der Waals surface area contributed by atoms with Gasteiger partial charge in [-0.05, 0) is 17.7 Å². The molecule has 0 bridgehead atoms. The summed E-state index contributed by atoms with van der Waals surface area (Å²) in [6.07, 6.45) is 0.0890. The topological polar surface area (TPSA) is 96.4 Å². The van der Waals surface area contributed by atoms with E-state index in [9.17, 15) is 19.5 Å². The number of hydrogen-bond donors (Lipinski definition) is 1. The predicted octanol–water partition coefficient (Wildman–Crippen LogP) is 0.744. The van der Waals surface area contributed by atoms with Gasteiger partial charge in [-0.1, -0.05) is 12.1 Å². The van der Waals surface area contributed by atoms with E-state index < -0.39 is 17.9 Å². The molecule has 27 heavy (non-hydrogen) atoms. The van der Waals surface area contributed by atoms with Crippen molar-refractivity contribution in [3.63, 3.8) is 0 Å². The van der Waals surface area contributed by atoms with Crippen LogP contribution in [0.2, 0.25) is 0 Å². The fourth-order valence-electron chi connectivity index (χ4n) is 3.72. The second-order valence-corrected chi connectivity index (χ2v) is 6.96. The number of hydrogen-bond acceptors (Lipinski definition) is 5. The molecule has 2 amide bonds. The van der Waals surface area contributed by atoms with Crippen LogP contribution in [0.3, 0.4) is 0 Å². The highest BCUT2D eigenvalue weighted by Gasteiger charge is 2.44. The van der Waals surface area contributed by atoms with Gasteiger partial charge in [0, 0.05) is 39.6 Å². The fourth-order valence-corrected chi connectivity index (χ4v) is 3.72. The third-order valence-corrected chi connectivity index (χ3v) is 5.26. The molecule has 8 nitrogen and oxygen atoms in total. The molecule has 0 radical (unpaired) electrons. The summed E-state index contributed by atoms with van der Waals surface area (Å²) >= 11 is 0. The summed E-state index contributed by atoms with van der Waals surface area (Å²) in [6, 6.07) is 6.51. The number of carboxylic acid groups (broad SMARTS) is 1. The maximum absolute atomic E-state index is 12.9. The number of rotatable bonds is 6. The molecule has 8 heteroatoms. The molecule has 0 saturated carbocycles. The Morgan fingerprint density at radius 3 is 2.48 bits per heavy atom. The van der Waals surface area contributed by atoms with Gasteiger partial charge in [-0.25, -0.2) is 4.79 Å². The number of methoxy groups -OCH3 is 2. The predicted molar refractivity (Wildman–Crippen MR) is 95.1 cm³/mol. The standard InChI is InChI=1S/C19H24N2O6/c1-26-14-5-3-12(4-6-14)9-20-10-13(7-17(20)22)18(23)21-11-15(27-2)8-16(21)19(24)25/h3-6,13,15-16H,7-11H2,1-2H3,(H,24,25). The number of amides is 2. The quantitative estimate of drug-likeness (QED) is 0.787. The van der Waals surface area contributed by atoms with Gasteiger partial charge < -0.3 is 24.4 Å². The van der Waals surface area contributed by atoms with Crippen molar-refractivity contribution in [2.24, 2.45) is 5.92 Å². The Hall–Kier alpha value is -2.61. The summed E-state index contributed by atoms with van der Waals surface area (Å²) in [5.41, 5.74) is 0.946. The Bertz CT molecular complexity index is 719. The molecule has 3 unspecified atom stereocenters. The van der Waals surface area contributed by atoms with Crippen LogP contribution in [-0.4, -0.2) is 72.1 Å². The van der Waals surface area contributed by atoms with E-state index in [1.54, 1.807) is 12.0 Å². The van der Waals surface area contributed by atoms with Crippen LogP contribution in [0.1, 0.15) is 18.4 Å². The van der Waals surface area contributed by atoms with Crippen LogP contribution < -0.4 is 4.74 Å². The molecule has 2 saturated heterocycles. The summed E-state index contributed by atoms with van der Waals surface area (Å²) in [5, 5.41) is 9.39. The number of carbonyl (C=O) groups excluding carboxylic acids is 2. The van der Waals surface area contributed by atoms with Crippen molar-refractivity contribution < 1.29 is 29.0 Å². The lowest BCUT2D eigenvalue weighted by Gasteiger charge is -2.24. The van der Waals surface area contributed by atoms with E-state index in [4.69, 9.17) is 9.47 Å². The minimum absolute atomic E-state index is 0.0986. The monoisotopic (exact) mass is 376 g/mol. The molecule has 3 rings (SSSR count). The van der Waals surface area contributed by atoms with E-state index in [1.165, 1.54) is 12.0 Å². The molecule has 1 N–H and O–H groups in total. The van der Waals surface area contributed by atoms with Crippen molar-refractivity contribution in [3.8, 4) is 5.75 Å². The maximum atomic E-state index is 12.9. The van der Waals surface area contributed by atoms with Gasteiger partial charge in [-0.2, -0.15) is 0 Å². The third kappa shape index (κ3) is 4.05. The molecule has 1 aromatic rings. The van der Waals surface area contributed by atoms with Gasteiger partial charge in [-0.3, -0.25) is 9.59 Å². The summed E-state index contributed by atoms with van der Waals surface area (Å²) in [4.78, 5) is 39.7. The molecule has 0 aromatic heterocycles. The first kappa shape index (κ1) is 19.2. The molecule has 3 atom stereocenters. The van der Waals surface area contributed by atoms with Gasteiger partial charge in [0.15, 0.2) is 0 Å². The number of carboxylic acids is 1. The highest BCUT2D eigenvalue weighted by molar-refractivity contribution is 5.91. The van der Waals surface area contributed by atoms with Crippen molar-refractivity contribution in [1.29, 1.82) is 0 Å². The average molecular weight is 376 g/mol. The SMILES string of the molecule is COc1ccc(CN2CC(C(=O)N3CC(OC)CC3C(=O)O)CC2=O)cc1. The zero-order valence-electron chi connectivity index (χ0n) is 15.5. The lowest BCUT2D eigenvalue weighted by molar-refractivity contribution is -0.149. The van der Waals surface area contributed by atoms with Gasteiger partial charge in [0.1, 0.15) is 11.8 Å². The van der Waals surface area contributed by atoms with E-state index >= 15 is 0 Å². The first-order valence-electron chi connectivity index (χ1n) is 8.89. The molecule has 0 spiro atoms. The van der Waals surface area contributed by atoms with Crippen LogP contribution in [0.15, 0.2) is 24.3 Å². The number of ether oxygens (including phenoxy) is 2. The van der Waals surface area contributed by atoms with Gasteiger partial charge >= 0.3 is 5.97 Å². The molecule has 2 fully saturated rings. The minimum Gasteiger partial charge on any atom is -0.497 e. The van der Waals surface area contributed by atoms with Crippen LogP contribution >= 0.6 is 0 Å². The maximum Gasteiger partial charge on any atom is 0.326 e. The Morgan fingerprint density at radius 1 is 1.19 bits per heavy atom. The zero-order chi connectivity index (χ0) is 19.6. The van der Waals surface area contributed by atoms with Gasteiger partial charge in [0.05, 0.1) is 19.1 Å². The van der Waals surface area contributed by atoms with Crippen LogP contribution in [0.5, 0.6) is 5.75 Å². The van der Waals surface area contributed by atoms with Crippen molar-refractivity contribution in [3.05, 3.63) is 29.8 Å². The van der Waals surface area contributed by atoms with Gasteiger partial charge in [-0.15, -0.1) is 0 Å². The van der Waals surface area contributed by atoms with E-state index in [2.05, 4.69) is 0 Å². The van der Waals surface area contributed by atoms with Crippen LogP contribution in [0.4, 0.5) is 0 Å².